The molecule has 1 fully saturated rings. The van der Waals surface area contributed by atoms with Crippen molar-refractivity contribution in [2.45, 2.75) is 13.3 Å². The van der Waals surface area contributed by atoms with Gasteiger partial charge < -0.3 is 15.1 Å². The molecule has 1 saturated heterocycles. The first kappa shape index (κ1) is 16.5. The molecule has 4 nitrogen and oxygen atoms in total. The fourth-order valence-corrected chi connectivity index (χ4v) is 3.03. The number of nitrogens with one attached hydrogen (secondary N) is 1. The van der Waals surface area contributed by atoms with Gasteiger partial charge in [-0.2, -0.15) is 0 Å². The molecule has 0 aromatic heterocycles. The van der Waals surface area contributed by atoms with Crippen molar-refractivity contribution in [2.75, 3.05) is 43.4 Å². The lowest BCUT2D eigenvalue weighted by Gasteiger charge is -2.34. The maximum absolute atomic E-state index is 12.2. The van der Waals surface area contributed by atoms with Crippen LogP contribution in [-0.4, -0.2) is 44.0 Å². The maximum atomic E-state index is 12.2. The Morgan fingerprint density at radius 2 is 1.75 bits per heavy atom. The molecule has 0 bridgehead atoms. The molecular formula is C20H25N3O. The number of benzene rings is 2. The van der Waals surface area contributed by atoms with E-state index in [1.54, 1.807) is 0 Å². The van der Waals surface area contributed by atoms with E-state index in [1.807, 2.05) is 36.4 Å². The topological polar surface area (TPSA) is 35.6 Å². The third-order valence-electron chi connectivity index (χ3n) is 4.56. The van der Waals surface area contributed by atoms with Crippen LogP contribution < -0.4 is 10.2 Å². The van der Waals surface area contributed by atoms with Crippen molar-refractivity contribution >= 4 is 17.3 Å². The van der Waals surface area contributed by atoms with E-state index in [-0.39, 0.29) is 5.91 Å². The van der Waals surface area contributed by atoms with Crippen LogP contribution >= 0.6 is 0 Å². The summed E-state index contributed by atoms with van der Waals surface area (Å²) in [6.45, 7) is 6.34. The van der Waals surface area contributed by atoms with Crippen molar-refractivity contribution in [3.63, 3.8) is 0 Å². The molecule has 24 heavy (non-hydrogen) atoms. The Morgan fingerprint density at radius 3 is 2.42 bits per heavy atom. The summed E-state index contributed by atoms with van der Waals surface area (Å²) in [4.78, 5) is 17.0. The highest BCUT2D eigenvalue weighted by Crippen LogP contribution is 2.23. The number of hydrogen-bond acceptors (Lipinski definition) is 3. The third kappa shape index (κ3) is 4.15. The quantitative estimate of drug-likeness (QED) is 0.940. The van der Waals surface area contributed by atoms with E-state index in [2.05, 4.69) is 41.2 Å². The van der Waals surface area contributed by atoms with Crippen LogP contribution in [0.1, 0.15) is 11.1 Å². The van der Waals surface area contributed by atoms with Crippen LogP contribution in [0.2, 0.25) is 0 Å². The molecule has 0 atom stereocenters. The molecule has 0 radical (unpaired) electrons. The molecule has 1 N–H and O–H groups in total. The molecule has 3 rings (SSSR count). The van der Waals surface area contributed by atoms with Gasteiger partial charge in [-0.25, -0.2) is 0 Å². The lowest BCUT2D eigenvalue weighted by atomic mass is 10.1. The zero-order valence-corrected chi connectivity index (χ0v) is 14.5. The van der Waals surface area contributed by atoms with E-state index in [0.29, 0.717) is 6.42 Å². The Bertz CT molecular complexity index is 691. The summed E-state index contributed by atoms with van der Waals surface area (Å²) >= 11 is 0. The molecule has 1 aliphatic heterocycles. The van der Waals surface area contributed by atoms with Crippen LogP contribution in [0, 0.1) is 6.92 Å². The van der Waals surface area contributed by atoms with E-state index >= 15 is 0 Å². The molecule has 2 aromatic carbocycles. The SMILES string of the molecule is Cc1cc(N2CCN(C)CC2)ccc1NC(=O)Cc1ccccc1. The Balaban J connectivity index is 1.63. The number of likely N-dealkylation sites (N-methyl/N-ethyl adjacent to an activating group) is 1. The summed E-state index contributed by atoms with van der Waals surface area (Å²) in [5.74, 6) is 0.0247. The minimum Gasteiger partial charge on any atom is -0.369 e. The van der Waals surface area contributed by atoms with Crippen LogP contribution in [0.15, 0.2) is 48.5 Å². The first-order valence-electron chi connectivity index (χ1n) is 8.50. The Labute approximate surface area is 144 Å². The van der Waals surface area contributed by atoms with Gasteiger partial charge in [0.25, 0.3) is 0 Å². The molecule has 0 aliphatic carbocycles. The Hall–Kier alpha value is -2.33. The van der Waals surface area contributed by atoms with Gasteiger partial charge in [0.2, 0.25) is 5.91 Å². The lowest BCUT2D eigenvalue weighted by Crippen LogP contribution is -2.44. The van der Waals surface area contributed by atoms with Crippen molar-refractivity contribution in [3.8, 4) is 0 Å². The van der Waals surface area contributed by atoms with Gasteiger partial charge in [-0.15, -0.1) is 0 Å². The number of amides is 1. The molecule has 0 spiro atoms. The van der Waals surface area contributed by atoms with Crippen molar-refractivity contribution < 1.29 is 4.79 Å². The van der Waals surface area contributed by atoms with Crippen molar-refractivity contribution in [1.29, 1.82) is 0 Å². The number of hydrogen-bond donors (Lipinski definition) is 1. The van der Waals surface area contributed by atoms with Crippen LogP contribution in [0.25, 0.3) is 0 Å². The van der Waals surface area contributed by atoms with Gasteiger partial charge >= 0.3 is 0 Å². The molecule has 1 heterocycles. The second kappa shape index (κ2) is 7.49. The number of carbonyl (C=O) groups excluding carboxylic acids is 1. The molecule has 0 unspecified atom stereocenters. The van der Waals surface area contributed by atoms with Gasteiger partial charge in [0.1, 0.15) is 0 Å². The zero-order chi connectivity index (χ0) is 16.9. The van der Waals surface area contributed by atoms with Crippen molar-refractivity contribution in [1.82, 2.24) is 4.90 Å². The van der Waals surface area contributed by atoms with Crippen LogP contribution in [-0.2, 0) is 11.2 Å². The third-order valence-corrected chi connectivity index (χ3v) is 4.56. The van der Waals surface area contributed by atoms with Crippen molar-refractivity contribution in [2.24, 2.45) is 0 Å². The number of rotatable bonds is 4. The van der Waals surface area contributed by atoms with Gasteiger partial charge in [0, 0.05) is 37.6 Å². The van der Waals surface area contributed by atoms with E-state index in [4.69, 9.17) is 0 Å². The molecule has 4 heteroatoms. The highest BCUT2D eigenvalue weighted by molar-refractivity contribution is 5.93. The zero-order valence-electron chi connectivity index (χ0n) is 14.5. The smallest absolute Gasteiger partial charge is 0.228 e. The van der Waals surface area contributed by atoms with Crippen LogP contribution in [0.4, 0.5) is 11.4 Å². The number of nitrogens with zero attached hydrogens (tertiary/aromatic N) is 2. The van der Waals surface area contributed by atoms with E-state index < -0.39 is 0 Å². The average Bonchev–Trinajstić information content (AvgIpc) is 2.58. The number of aryl methyl sites for hydroxylation is 1. The molecule has 2 aromatic rings. The standard InChI is InChI=1S/C20H25N3O/c1-16-14-18(23-12-10-22(2)11-13-23)8-9-19(16)21-20(24)15-17-6-4-3-5-7-17/h3-9,14H,10-13,15H2,1-2H3,(H,21,24). The predicted molar refractivity (Wildman–Crippen MR) is 99.7 cm³/mol. The van der Waals surface area contributed by atoms with E-state index in [0.717, 1.165) is 43.0 Å². The predicted octanol–water partition coefficient (Wildman–Crippen LogP) is 2.93. The second-order valence-electron chi connectivity index (χ2n) is 6.50. The first-order valence-corrected chi connectivity index (χ1v) is 8.50. The minimum atomic E-state index is 0.0247. The highest BCUT2D eigenvalue weighted by Gasteiger charge is 2.15. The summed E-state index contributed by atoms with van der Waals surface area (Å²) in [5.41, 5.74) is 4.27. The second-order valence-corrected chi connectivity index (χ2v) is 6.50. The fourth-order valence-electron chi connectivity index (χ4n) is 3.03. The fraction of sp³-hybridized carbons (Fsp3) is 0.350. The average molecular weight is 323 g/mol. The largest absolute Gasteiger partial charge is 0.369 e. The number of anilines is 2. The van der Waals surface area contributed by atoms with E-state index in [9.17, 15) is 4.79 Å². The molecular weight excluding hydrogens is 298 g/mol. The summed E-state index contributed by atoms with van der Waals surface area (Å²) < 4.78 is 0. The Kier molecular flexibility index (Phi) is 5.16. The van der Waals surface area contributed by atoms with Gasteiger partial charge in [-0.05, 0) is 43.3 Å². The lowest BCUT2D eigenvalue weighted by molar-refractivity contribution is -0.115. The molecule has 0 saturated carbocycles. The molecule has 1 aliphatic rings. The first-order chi connectivity index (χ1) is 11.6. The van der Waals surface area contributed by atoms with Gasteiger partial charge in [0.15, 0.2) is 0 Å². The number of piperazine rings is 1. The van der Waals surface area contributed by atoms with Crippen LogP contribution in [0.5, 0.6) is 0 Å². The van der Waals surface area contributed by atoms with Gasteiger partial charge in [-0.3, -0.25) is 4.79 Å². The summed E-state index contributed by atoms with van der Waals surface area (Å²) in [5, 5.41) is 3.03. The van der Waals surface area contributed by atoms with Crippen molar-refractivity contribution in [3.05, 3.63) is 59.7 Å². The van der Waals surface area contributed by atoms with Gasteiger partial charge in [0.05, 0.1) is 6.42 Å². The summed E-state index contributed by atoms with van der Waals surface area (Å²) in [6, 6.07) is 16.1. The normalized spacial score (nSPS) is 15.3. The Morgan fingerprint density at radius 1 is 1.04 bits per heavy atom. The minimum absolute atomic E-state index is 0.0247. The monoisotopic (exact) mass is 323 g/mol. The van der Waals surface area contributed by atoms with Gasteiger partial charge in [-0.1, -0.05) is 30.3 Å². The van der Waals surface area contributed by atoms with E-state index in [1.165, 1.54) is 5.69 Å². The van der Waals surface area contributed by atoms with Crippen LogP contribution in [0.3, 0.4) is 0 Å². The number of carbonyl (C=O) groups is 1. The highest BCUT2D eigenvalue weighted by atomic mass is 16.1. The summed E-state index contributed by atoms with van der Waals surface area (Å²) in [6.07, 6.45) is 0.403. The molecule has 1 amide bonds. The molecule has 126 valence electrons. The summed E-state index contributed by atoms with van der Waals surface area (Å²) in [7, 11) is 2.16. The maximum Gasteiger partial charge on any atom is 0.228 e.